The molecule has 0 unspecified atom stereocenters. The molecule has 1 heterocycles. The van der Waals surface area contributed by atoms with Gasteiger partial charge in [0.1, 0.15) is 0 Å². The monoisotopic (exact) mass is 395 g/mol. The van der Waals surface area contributed by atoms with Crippen molar-refractivity contribution in [3.05, 3.63) is 71.8 Å². The Kier molecular flexibility index (Phi) is 7.57. The summed E-state index contributed by atoms with van der Waals surface area (Å²) in [4.78, 5) is 16.6. The van der Waals surface area contributed by atoms with Crippen LogP contribution in [0.2, 0.25) is 0 Å². The Morgan fingerprint density at radius 3 is 2.00 bits per heavy atom. The third-order valence-corrected chi connectivity index (χ3v) is 5.56. The molecular formula is C23H29N3OS. The van der Waals surface area contributed by atoms with E-state index in [1.165, 1.54) is 11.1 Å². The number of nitrogens with zero attached hydrogens (tertiary/aromatic N) is 2. The van der Waals surface area contributed by atoms with Gasteiger partial charge in [-0.2, -0.15) is 0 Å². The molecular weight excluding hydrogens is 366 g/mol. The van der Waals surface area contributed by atoms with E-state index in [9.17, 15) is 4.79 Å². The summed E-state index contributed by atoms with van der Waals surface area (Å²) in [5, 5.41) is 3.46. The van der Waals surface area contributed by atoms with Crippen molar-refractivity contribution in [1.82, 2.24) is 15.1 Å². The van der Waals surface area contributed by atoms with Gasteiger partial charge in [-0.3, -0.25) is 9.69 Å². The molecule has 0 bridgehead atoms. The summed E-state index contributed by atoms with van der Waals surface area (Å²) in [6.07, 6.45) is 2.46. The van der Waals surface area contributed by atoms with Crippen molar-refractivity contribution in [2.45, 2.75) is 32.2 Å². The molecule has 1 amide bonds. The first-order chi connectivity index (χ1) is 13.7. The summed E-state index contributed by atoms with van der Waals surface area (Å²) in [6.45, 7) is 5.53. The van der Waals surface area contributed by atoms with Gasteiger partial charge in [-0.05, 0) is 29.8 Å². The van der Waals surface area contributed by atoms with Gasteiger partial charge >= 0.3 is 0 Å². The van der Waals surface area contributed by atoms with E-state index in [1.54, 1.807) is 0 Å². The van der Waals surface area contributed by atoms with Gasteiger partial charge in [0, 0.05) is 32.6 Å². The van der Waals surface area contributed by atoms with E-state index in [-0.39, 0.29) is 11.9 Å². The van der Waals surface area contributed by atoms with Crippen molar-refractivity contribution in [1.29, 1.82) is 0 Å². The molecule has 0 saturated carbocycles. The van der Waals surface area contributed by atoms with Gasteiger partial charge in [-0.1, -0.05) is 74.0 Å². The molecule has 0 aliphatic carbocycles. The SMILES string of the molecule is CCCCC(=O)NC(=S)N1CCN(C(c2ccccc2)c2ccccc2)CC1. The molecule has 0 atom stereocenters. The highest BCUT2D eigenvalue weighted by molar-refractivity contribution is 7.80. The van der Waals surface area contributed by atoms with Crippen molar-refractivity contribution >= 4 is 23.2 Å². The molecule has 0 spiro atoms. The van der Waals surface area contributed by atoms with Gasteiger partial charge in [0.05, 0.1) is 6.04 Å². The highest BCUT2D eigenvalue weighted by atomic mass is 32.1. The van der Waals surface area contributed by atoms with Crippen molar-refractivity contribution in [3.63, 3.8) is 0 Å². The van der Waals surface area contributed by atoms with Crippen molar-refractivity contribution in [2.24, 2.45) is 0 Å². The Labute approximate surface area is 173 Å². The van der Waals surface area contributed by atoms with Crippen molar-refractivity contribution < 1.29 is 4.79 Å². The molecule has 1 aliphatic rings. The maximum Gasteiger partial charge on any atom is 0.226 e. The van der Waals surface area contributed by atoms with Crippen LogP contribution in [-0.2, 0) is 4.79 Å². The fourth-order valence-electron chi connectivity index (χ4n) is 3.67. The minimum atomic E-state index is 0.0285. The molecule has 3 rings (SSSR count). The zero-order chi connectivity index (χ0) is 19.8. The Bertz CT molecular complexity index is 718. The second-order valence-electron chi connectivity index (χ2n) is 7.20. The highest BCUT2D eigenvalue weighted by Gasteiger charge is 2.27. The van der Waals surface area contributed by atoms with Gasteiger partial charge < -0.3 is 10.2 Å². The Morgan fingerprint density at radius 2 is 1.50 bits per heavy atom. The first-order valence-corrected chi connectivity index (χ1v) is 10.5. The average Bonchev–Trinajstić information content (AvgIpc) is 2.74. The molecule has 148 valence electrons. The van der Waals surface area contributed by atoms with Crippen LogP contribution in [0.25, 0.3) is 0 Å². The molecule has 5 heteroatoms. The first-order valence-electron chi connectivity index (χ1n) is 10.1. The number of thiocarbonyl (C=S) groups is 1. The maximum atomic E-state index is 12.0. The molecule has 0 radical (unpaired) electrons. The second kappa shape index (κ2) is 10.3. The van der Waals surface area contributed by atoms with Crippen LogP contribution in [0.15, 0.2) is 60.7 Å². The number of nitrogens with one attached hydrogen (secondary N) is 1. The van der Waals surface area contributed by atoms with Crippen LogP contribution in [0.1, 0.15) is 43.4 Å². The number of unbranched alkanes of at least 4 members (excludes halogenated alkanes) is 1. The van der Waals surface area contributed by atoms with Crippen LogP contribution >= 0.6 is 12.2 Å². The number of hydrogen-bond acceptors (Lipinski definition) is 3. The maximum absolute atomic E-state index is 12.0. The fourth-order valence-corrected chi connectivity index (χ4v) is 3.96. The van der Waals surface area contributed by atoms with Crippen LogP contribution in [0.3, 0.4) is 0 Å². The number of benzene rings is 2. The molecule has 2 aromatic carbocycles. The van der Waals surface area contributed by atoms with Crippen LogP contribution in [0.5, 0.6) is 0 Å². The molecule has 1 fully saturated rings. The zero-order valence-electron chi connectivity index (χ0n) is 16.5. The number of piperazine rings is 1. The number of carbonyl (C=O) groups is 1. The Balaban J connectivity index is 1.64. The lowest BCUT2D eigenvalue weighted by Crippen LogP contribution is -2.53. The van der Waals surface area contributed by atoms with Crippen molar-refractivity contribution in [3.8, 4) is 0 Å². The molecule has 28 heavy (non-hydrogen) atoms. The van der Waals surface area contributed by atoms with Crippen LogP contribution in [-0.4, -0.2) is 47.0 Å². The lowest BCUT2D eigenvalue weighted by molar-refractivity contribution is -0.119. The molecule has 4 nitrogen and oxygen atoms in total. The summed E-state index contributed by atoms with van der Waals surface area (Å²) in [5.74, 6) is 0.0285. The topological polar surface area (TPSA) is 35.6 Å². The van der Waals surface area contributed by atoms with E-state index < -0.39 is 0 Å². The minimum Gasteiger partial charge on any atom is -0.346 e. The van der Waals surface area contributed by atoms with Gasteiger partial charge in [-0.15, -0.1) is 0 Å². The van der Waals surface area contributed by atoms with Gasteiger partial charge in [0.15, 0.2) is 5.11 Å². The number of carbonyl (C=O) groups excluding carboxylic acids is 1. The van der Waals surface area contributed by atoms with Crippen LogP contribution in [0, 0.1) is 0 Å². The standard InChI is InChI=1S/C23H29N3OS/c1-2-3-14-21(27)24-23(28)26-17-15-25(16-18-26)22(19-10-6-4-7-11-19)20-12-8-5-9-13-20/h4-13,22H,2-3,14-18H2,1H3,(H,24,27,28). The summed E-state index contributed by atoms with van der Waals surface area (Å²) < 4.78 is 0. The van der Waals surface area contributed by atoms with E-state index >= 15 is 0 Å². The number of rotatable bonds is 6. The quantitative estimate of drug-likeness (QED) is 0.751. The summed E-state index contributed by atoms with van der Waals surface area (Å²) in [7, 11) is 0. The summed E-state index contributed by atoms with van der Waals surface area (Å²) in [6, 6.07) is 21.5. The zero-order valence-corrected chi connectivity index (χ0v) is 17.3. The number of hydrogen-bond donors (Lipinski definition) is 1. The molecule has 0 aromatic heterocycles. The second-order valence-corrected chi connectivity index (χ2v) is 7.59. The number of amides is 1. The lowest BCUT2D eigenvalue weighted by Gasteiger charge is -2.40. The minimum absolute atomic E-state index is 0.0285. The van der Waals surface area contributed by atoms with Crippen LogP contribution in [0.4, 0.5) is 0 Å². The predicted octanol–water partition coefficient (Wildman–Crippen LogP) is 3.98. The smallest absolute Gasteiger partial charge is 0.226 e. The van der Waals surface area contributed by atoms with E-state index in [0.29, 0.717) is 11.5 Å². The molecule has 1 saturated heterocycles. The van der Waals surface area contributed by atoms with E-state index in [0.717, 1.165) is 39.0 Å². The van der Waals surface area contributed by atoms with E-state index in [4.69, 9.17) is 12.2 Å². The molecule has 1 N–H and O–H groups in total. The van der Waals surface area contributed by atoms with E-state index in [2.05, 4.69) is 82.7 Å². The van der Waals surface area contributed by atoms with Crippen molar-refractivity contribution in [2.75, 3.05) is 26.2 Å². The fraction of sp³-hybridized carbons (Fsp3) is 0.391. The first kappa shape index (κ1) is 20.5. The molecule has 2 aromatic rings. The van der Waals surface area contributed by atoms with Crippen LogP contribution < -0.4 is 5.32 Å². The summed E-state index contributed by atoms with van der Waals surface area (Å²) in [5.41, 5.74) is 2.61. The normalized spacial score (nSPS) is 14.9. The van der Waals surface area contributed by atoms with Gasteiger partial charge in [0.2, 0.25) is 5.91 Å². The third kappa shape index (κ3) is 5.40. The predicted molar refractivity (Wildman–Crippen MR) is 118 cm³/mol. The van der Waals surface area contributed by atoms with E-state index in [1.807, 2.05) is 0 Å². The largest absolute Gasteiger partial charge is 0.346 e. The van der Waals surface area contributed by atoms with Gasteiger partial charge in [-0.25, -0.2) is 0 Å². The molecule has 1 aliphatic heterocycles. The lowest BCUT2D eigenvalue weighted by atomic mass is 9.96. The summed E-state index contributed by atoms with van der Waals surface area (Å²) >= 11 is 5.47. The van der Waals surface area contributed by atoms with Gasteiger partial charge in [0.25, 0.3) is 0 Å². The highest BCUT2D eigenvalue weighted by Crippen LogP contribution is 2.29. The Hall–Kier alpha value is -2.24. The Morgan fingerprint density at radius 1 is 0.964 bits per heavy atom. The average molecular weight is 396 g/mol. The third-order valence-electron chi connectivity index (χ3n) is 5.20.